The van der Waals surface area contributed by atoms with E-state index in [1.807, 2.05) is 18.9 Å². The summed E-state index contributed by atoms with van der Waals surface area (Å²) in [4.78, 5) is 1.92. The van der Waals surface area contributed by atoms with Crippen LogP contribution in [0.25, 0.3) is 0 Å². The number of nitrogens with two attached hydrogens (primary N) is 1. The number of halogens is 1. The van der Waals surface area contributed by atoms with E-state index in [0.717, 1.165) is 6.42 Å². The zero-order valence-electron chi connectivity index (χ0n) is 11.0. The number of likely N-dealkylation sites (N-methyl/N-ethyl adjacent to an activating group) is 1. The highest BCUT2D eigenvalue weighted by Gasteiger charge is 2.30. The zero-order valence-corrected chi connectivity index (χ0v) is 11.0. The topological polar surface area (TPSA) is 71.1 Å². The van der Waals surface area contributed by atoms with E-state index in [0.29, 0.717) is 12.3 Å². The maximum atomic E-state index is 13.9. The maximum Gasteiger partial charge on any atom is 0.175 e. The number of hydrogen-bond acceptors (Lipinski definition) is 4. The van der Waals surface area contributed by atoms with E-state index in [2.05, 4.69) is 5.16 Å². The SMILES string of the molecule is CC1OCCC1N(C)c1cccc(F)c1/C(N)=N/O. The molecule has 5 nitrogen and oxygen atoms in total. The smallest absolute Gasteiger partial charge is 0.175 e. The van der Waals surface area contributed by atoms with Crippen molar-refractivity contribution in [2.75, 3.05) is 18.6 Å². The second kappa shape index (κ2) is 5.44. The number of oxime groups is 1. The van der Waals surface area contributed by atoms with Gasteiger partial charge in [0.1, 0.15) is 5.82 Å². The van der Waals surface area contributed by atoms with E-state index in [4.69, 9.17) is 15.7 Å². The minimum Gasteiger partial charge on any atom is -0.409 e. The lowest BCUT2D eigenvalue weighted by molar-refractivity contribution is 0.118. The molecule has 0 radical (unpaired) electrons. The Kier molecular flexibility index (Phi) is 3.90. The van der Waals surface area contributed by atoms with Gasteiger partial charge in [-0.25, -0.2) is 4.39 Å². The first-order valence-corrected chi connectivity index (χ1v) is 6.17. The Bertz CT molecular complexity index is 493. The Morgan fingerprint density at radius 2 is 2.32 bits per heavy atom. The number of nitrogens with zero attached hydrogens (tertiary/aromatic N) is 2. The molecule has 0 aromatic heterocycles. The quantitative estimate of drug-likeness (QED) is 0.377. The van der Waals surface area contributed by atoms with Gasteiger partial charge in [-0.15, -0.1) is 0 Å². The molecule has 6 heteroatoms. The van der Waals surface area contributed by atoms with Crippen LogP contribution in [0.5, 0.6) is 0 Å². The van der Waals surface area contributed by atoms with Crippen LogP contribution in [0.1, 0.15) is 18.9 Å². The molecule has 3 N–H and O–H groups in total. The first-order valence-electron chi connectivity index (χ1n) is 6.17. The summed E-state index contributed by atoms with van der Waals surface area (Å²) in [7, 11) is 1.86. The van der Waals surface area contributed by atoms with Gasteiger partial charge in [-0.1, -0.05) is 11.2 Å². The van der Waals surface area contributed by atoms with Gasteiger partial charge in [0.05, 0.1) is 23.4 Å². The van der Waals surface area contributed by atoms with E-state index in [-0.39, 0.29) is 23.5 Å². The average molecular weight is 267 g/mol. The van der Waals surface area contributed by atoms with Gasteiger partial charge >= 0.3 is 0 Å². The summed E-state index contributed by atoms with van der Waals surface area (Å²) >= 11 is 0. The molecule has 1 aromatic rings. The van der Waals surface area contributed by atoms with Crippen molar-refractivity contribution in [3.05, 3.63) is 29.6 Å². The first-order chi connectivity index (χ1) is 9.06. The van der Waals surface area contributed by atoms with Crippen LogP contribution in [-0.2, 0) is 4.74 Å². The summed E-state index contributed by atoms with van der Waals surface area (Å²) in [5.74, 6) is -0.738. The number of ether oxygens (including phenoxy) is 1. The third kappa shape index (κ3) is 2.49. The Hall–Kier alpha value is -1.82. The van der Waals surface area contributed by atoms with Crippen LogP contribution in [0, 0.1) is 5.82 Å². The van der Waals surface area contributed by atoms with Gasteiger partial charge in [0.25, 0.3) is 0 Å². The number of amidine groups is 1. The molecule has 0 spiro atoms. The second-order valence-electron chi connectivity index (χ2n) is 4.66. The number of anilines is 1. The number of rotatable bonds is 3. The molecule has 2 atom stereocenters. The van der Waals surface area contributed by atoms with E-state index in [1.54, 1.807) is 12.1 Å². The van der Waals surface area contributed by atoms with Crippen molar-refractivity contribution < 1.29 is 14.3 Å². The maximum absolute atomic E-state index is 13.9. The number of benzene rings is 1. The van der Waals surface area contributed by atoms with E-state index < -0.39 is 5.82 Å². The van der Waals surface area contributed by atoms with Gasteiger partial charge in [-0.3, -0.25) is 0 Å². The fourth-order valence-corrected chi connectivity index (χ4v) is 2.52. The van der Waals surface area contributed by atoms with Crippen molar-refractivity contribution in [1.82, 2.24) is 0 Å². The average Bonchev–Trinajstić information content (AvgIpc) is 2.83. The molecule has 1 aliphatic rings. The molecule has 1 aliphatic heterocycles. The molecular formula is C13H18FN3O2. The lowest BCUT2D eigenvalue weighted by Gasteiger charge is -2.30. The highest BCUT2D eigenvalue weighted by molar-refractivity contribution is 6.02. The van der Waals surface area contributed by atoms with Gasteiger partial charge in [0.2, 0.25) is 0 Å². The molecule has 2 unspecified atom stereocenters. The Balaban J connectivity index is 2.41. The fraction of sp³-hybridized carbons (Fsp3) is 0.462. The predicted molar refractivity (Wildman–Crippen MR) is 71.1 cm³/mol. The van der Waals surface area contributed by atoms with Crippen LogP contribution in [-0.4, -0.2) is 36.8 Å². The number of hydrogen-bond donors (Lipinski definition) is 2. The monoisotopic (exact) mass is 267 g/mol. The molecule has 0 bridgehead atoms. The van der Waals surface area contributed by atoms with Crippen LogP contribution in [0.3, 0.4) is 0 Å². The van der Waals surface area contributed by atoms with Gasteiger partial charge in [-0.05, 0) is 25.5 Å². The van der Waals surface area contributed by atoms with E-state index >= 15 is 0 Å². The van der Waals surface area contributed by atoms with E-state index in [1.165, 1.54) is 6.07 Å². The van der Waals surface area contributed by atoms with Crippen LogP contribution in [0.15, 0.2) is 23.4 Å². The van der Waals surface area contributed by atoms with Gasteiger partial charge in [-0.2, -0.15) is 0 Å². The highest BCUT2D eigenvalue weighted by atomic mass is 19.1. The van der Waals surface area contributed by atoms with Crippen LogP contribution in [0.2, 0.25) is 0 Å². The van der Waals surface area contributed by atoms with Crippen LogP contribution >= 0.6 is 0 Å². The van der Waals surface area contributed by atoms with Crippen molar-refractivity contribution >= 4 is 11.5 Å². The summed E-state index contributed by atoms with van der Waals surface area (Å²) in [6, 6.07) is 4.79. The summed E-state index contributed by atoms with van der Waals surface area (Å²) in [5.41, 5.74) is 6.28. The molecule has 0 aliphatic carbocycles. The molecule has 19 heavy (non-hydrogen) atoms. The van der Waals surface area contributed by atoms with Gasteiger partial charge < -0.3 is 20.6 Å². The normalized spacial score (nSPS) is 23.6. The van der Waals surface area contributed by atoms with Gasteiger partial charge in [0, 0.05) is 13.7 Å². The van der Waals surface area contributed by atoms with E-state index in [9.17, 15) is 4.39 Å². The van der Waals surface area contributed by atoms with Crippen molar-refractivity contribution in [2.45, 2.75) is 25.5 Å². The zero-order chi connectivity index (χ0) is 14.0. The Morgan fingerprint density at radius 3 is 2.89 bits per heavy atom. The molecule has 0 amide bonds. The first kappa shape index (κ1) is 13.6. The molecular weight excluding hydrogens is 249 g/mol. The lowest BCUT2D eigenvalue weighted by atomic mass is 10.1. The molecule has 104 valence electrons. The molecule has 2 rings (SSSR count). The summed E-state index contributed by atoms with van der Waals surface area (Å²) in [6.45, 7) is 2.67. The predicted octanol–water partition coefficient (Wildman–Crippen LogP) is 1.53. The van der Waals surface area contributed by atoms with Crippen molar-refractivity contribution in [3.8, 4) is 0 Å². The summed E-state index contributed by atoms with van der Waals surface area (Å²) in [6.07, 6.45) is 0.928. The third-order valence-electron chi connectivity index (χ3n) is 3.57. The van der Waals surface area contributed by atoms with Crippen LogP contribution < -0.4 is 10.6 Å². The van der Waals surface area contributed by atoms with Crippen molar-refractivity contribution in [2.24, 2.45) is 10.9 Å². The largest absolute Gasteiger partial charge is 0.409 e. The van der Waals surface area contributed by atoms with Crippen molar-refractivity contribution in [1.29, 1.82) is 0 Å². The fourth-order valence-electron chi connectivity index (χ4n) is 2.52. The summed E-state index contributed by atoms with van der Waals surface area (Å²) < 4.78 is 19.4. The Labute approximate surface area is 111 Å². The standard InChI is InChI=1S/C13H18FN3O2/c1-8-10(6-7-19-8)17(2)11-5-3-4-9(14)12(11)13(15)16-18/h3-5,8,10,18H,6-7H2,1-2H3,(H2,15,16). The Morgan fingerprint density at radius 1 is 1.58 bits per heavy atom. The molecule has 1 fully saturated rings. The molecule has 1 heterocycles. The third-order valence-corrected chi connectivity index (χ3v) is 3.57. The second-order valence-corrected chi connectivity index (χ2v) is 4.66. The van der Waals surface area contributed by atoms with Crippen molar-refractivity contribution in [3.63, 3.8) is 0 Å². The molecule has 1 aromatic carbocycles. The minimum absolute atomic E-state index is 0.0633. The molecule has 0 saturated carbocycles. The van der Waals surface area contributed by atoms with Gasteiger partial charge in [0.15, 0.2) is 5.84 Å². The van der Waals surface area contributed by atoms with Crippen LogP contribution in [0.4, 0.5) is 10.1 Å². The lowest BCUT2D eigenvalue weighted by Crippen LogP contribution is -2.38. The highest BCUT2D eigenvalue weighted by Crippen LogP contribution is 2.28. The molecule has 1 saturated heterocycles. The minimum atomic E-state index is -0.508. The summed E-state index contributed by atoms with van der Waals surface area (Å²) in [5, 5.41) is 11.7.